The Bertz CT molecular complexity index is 1240. The molecule has 6 nitrogen and oxygen atoms in total. The van der Waals surface area contributed by atoms with E-state index in [-0.39, 0.29) is 17.4 Å². The SMILES string of the molecule is O=C(C1CCCO1)N1CCC(CCN2[C@@H]3CC[C@H]2CC(n2cnc4ccccc42)C3)(c2ccccc2)CC1. The molecule has 2 unspecified atom stereocenters. The second-order valence-electron chi connectivity index (χ2n) is 12.1. The fraction of sp³-hybridized carbons (Fsp3) is 0.562. The molecule has 38 heavy (non-hydrogen) atoms. The minimum Gasteiger partial charge on any atom is -0.368 e. The van der Waals surface area contributed by atoms with Gasteiger partial charge in [0.1, 0.15) is 6.10 Å². The van der Waals surface area contributed by atoms with Crippen LogP contribution in [0, 0.1) is 0 Å². The Labute approximate surface area is 226 Å². The molecule has 2 bridgehead atoms. The van der Waals surface area contributed by atoms with Crippen LogP contribution in [-0.4, -0.2) is 69.7 Å². The van der Waals surface area contributed by atoms with E-state index in [0.29, 0.717) is 18.1 Å². The summed E-state index contributed by atoms with van der Waals surface area (Å²) in [5, 5.41) is 0. The van der Waals surface area contributed by atoms with Gasteiger partial charge in [-0.25, -0.2) is 4.98 Å². The summed E-state index contributed by atoms with van der Waals surface area (Å²) in [7, 11) is 0. The Kier molecular flexibility index (Phi) is 6.49. The van der Waals surface area contributed by atoms with Gasteiger partial charge in [-0.15, -0.1) is 0 Å². The van der Waals surface area contributed by atoms with Crippen LogP contribution in [0.3, 0.4) is 0 Å². The standard InChI is InChI=1S/C32H40N4O2/c37-31(30-11-6-20-38-30)34-17-14-32(15-18-34,24-7-2-1-3-8-24)16-19-35-25-12-13-26(35)22-27(21-25)36-23-33-28-9-4-5-10-29(28)36/h1-5,7-10,23,25-27,30H,6,11-22H2/t25-,26+,27?,30?. The first-order valence-electron chi connectivity index (χ1n) is 14.8. The highest BCUT2D eigenvalue weighted by molar-refractivity contribution is 5.81. The number of carbonyl (C=O) groups is 1. The van der Waals surface area contributed by atoms with E-state index in [1.807, 2.05) is 0 Å². The van der Waals surface area contributed by atoms with Gasteiger partial charge in [0.25, 0.3) is 5.91 Å². The molecule has 2 aromatic carbocycles. The lowest BCUT2D eigenvalue weighted by Crippen LogP contribution is -2.50. The normalized spacial score (nSPS) is 29.2. The molecule has 4 aliphatic heterocycles. The number of nitrogens with zero attached hydrogens (tertiary/aromatic N) is 4. The molecule has 3 aromatic rings. The molecule has 0 radical (unpaired) electrons. The minimum absolute atomic E-state index is 0.144. The van der Waals surface area contributed by atoms with E-state index in [4.69, 9.17) is 4.74 Å². The zero-order valence-corrected chi connectivity index (χ0v) is 22.4. The van der Waals surface area contributed by atoms with Crippen molar-refractivity contribution in [3.05, 3.63) is 66.5 Å². The molecular weight excluding hydrogens is 472 g/mol. The van der Waals surface area contributed by atoms with E-state index in [2.05, 4.69) is 80.3 Å². The first-order chi connectivity index (χ1) is 18.7. The van der Waals surface area contributed by atoms with Crippen molar-refractivity contribution < 1.29 is 9.53 Å². The van der Waals surface area contributed by atoms with Crippen LogP contribution in [0.25, 0.3) is 11.0 Å². The fourth-order valence-electron chi connectivity index (χ4n) is 8.06. The van der Waals surface area contributed by atoms with E-state index in [9.17, 15) is 4.79 Å². The third-order valence-electron chi connectivity index (χ3n) is 10.2. The van der Waals surface area contributed by atoms with Crippen molar-refractivity contribution in [1.82, 2.24) is 19.4 Å². The largest absolute Gasteiger partial charge is 0.368 e. The molecule has 0 spiro atoms. The van der Waals surface area contributed by atoms with Crippen molar-refractivity contribution in [2.75, 3.05) is 26.2 Å². The first-order valence-corrected chi connectivity index (χ1v) is 14.8. The first kappa shape index (κ1) is 24.3. The zero-order chi connectivity index (χ0) is 25.5. The van der Waals surface area contributed by atoms with Crippen molar-refractivity contribution in [3.63, 3.8) is 0 Å². The van der Waals surface area contributed by atoms with Gasteiger partial charge in [-0.05, 0) is 87.4 Å². The molecule has 4 fully saturated rings. The summed E-state index contributed by atoms with van der Waals surface area (Å²) in [6.45, 7) is 3.57. The number of likely N-dealkylation sites (tertiary alicyclic amines) is 1. The van der Waals surface area contributed by atoms with Crippen LogP contribution < -0.4 is 0 Å². The number of ether oxygens (including phenoxy) is 1. The molecule has 200 valence electrons. The summed E-state index contributed by atoms with van der Waals surface area (Å²) in [6.07, 6.45) is 12.1. The monoisotopic (exact) mass is 512 g/mol. The molecule has 4 atom stereocenters. The fourth-order valence-corrected chi connectivity index (χ4v) is 8.06. The highest BCUT2D eigenvalue weighted by atomic mass is 16.5. The van der Waals surface area contributed by atoms with Crippen molar-refractivity contribution in [2.45, 2.75) is 87.4 Å². The topological polar surface area (TPSA) is 50.6 Å². The van der Waals surface area contributed by atoms with Crippen molar-refractivity contribution in [2.24, 2.45) is 0 Å². The van der Waals surface area contributed by atoms with E-state index >= 15 is 0 Å². The van der Waals surface area contributed by atoms with Crippen LogP contribution >= 0.6 is 0 Å². The molecule has 5 heterocycles. The van der Waals surface area contributed by atoms with Crippen LogP contribution in [0.2, 0.25) is 0 Å². The average Bonchev–Trinajstić information content (AvgIpc) is 3.71. The Hall–Kier alpha value is -2.70. The van der Waals surface area contributed by atoms with E-state index in [1.165, 1.54) is 43.2 Å². The number of aromatic nitrogens is 2. The maximum Gasteiger partial charge on any atom is 0.251 e. The Morgan fingerprint density at radius 1 is 0.921 bits per heavy atom. The number of imidazole rings is 1. The number of piperidine rings is 2. The van der Waals surface area contributed by atoms with Crippen LogP contribution in [0.5, 0.6) is 0 Å². The lowest BCUT2D eigenvalue weighted by Gasteiger charge is -2.46. The molecule has 4 saturated heterocycles. The number of rotatable bonds is 6. The number of hydrogen-bond acceptors (Lipinski definition) is 4. The number of benzene rings is 2. The summed E-state index contributed by atoms with van der Waals surface area (Å²) in [5.74, 6) is 0.219. The van der Waals surface area contributed by atoms with Crippen molar-refractivity contribution in [3.8, 4) is 0 Å². The smallest absolute Gasteiger partial charge is 0.251 e. The predicted octanol–water partition coefficient (Wildman–Crippen LogP) is 5.33. The predicted molar refractivity (Wildman–Crippen MR) is 149 cm³/mol. The number of amides is 1. The second-order valence-corrected chi connectivity index (χ2v) is 12.1. The third-order valence-corrected chi connectivity index (χ3v) is 10.2. The van der Waals surface area contributed by atoms with E-state index < -0.39 is 0 Å². The third kappa shape index (κ3) is 4.36. The molecule has 1 amide bonds. The van der Waals surface area contributed by atoms with Gasteiger partial charge < -0.3 is 14.2 Å². The number of hydrogen-bond donors (Lipinski definition) is 0. The molecule has 1 aromatic heterocycles. The van der Waals surface area contributed by atoms with Crippen molar-refractivity contribution >= 4 is 16.9 Å². The minimum atomic E-state index is -0.205. The van der Waals surface area contributed by atoms with Crippen molar-refractivity contribution in [1.29, 1.82) is 0 Å². The number of fused-ring (bicyclic) bond motifs is 3. The molecular formula is C32H40N4O2. The van der Waals surface area contributed by atoms with Crippen LogP contribution in [0.1, 0.15) is 69.4 Å². The maximum absolute atomic E-state index is 13.0. The lowest BCUT2D eigenvalue weighted by molar-refractivity contribution is -0.142. The summed E-state index contributed by atoms with van der Waals surface area (Å²) in [5.41, 5.74) is 3.98. The quantitative estimate of drug-likeness (QED) is 0.448. The van der Waals surface area contributed by atoms with E-state index in [0.717, 1.165) is 57.4 Å². The van der Waals surface area contributed by atoms with E-state index in [1.54, 1.807) is 0 Å². The summed E-state index contributed by atoms with van der Waals surface area (Å²) in [4.78, 5) is 22.7. The molecule has 0 saturated carbocycles. The van der Waals surface area contributed by atoms with Gasteiger partial charge in [0.2, 0.25) is 0 Å². The molecule has 4 aliphatic rings. The van der Waals surface area contributed by atoms with Crippen LogP contribution in [-0.2, 0) is 14.9 Å². The molecule has 7 rings (SSSR count). The number of para-hydroxylation sites is 2. The highest BCUT2D eigenvalue weighted by Gasteiger charge is 2.44. The number of carbonyl (C=O) groups excluding carboxylic acids is 1. The molecule has 6 heteroatoms. The summed E-state index contributed by atoms with van der Waals surface area (Å²) in [6, 6.07) is 21.6. The van der Waals surface area contributed by atoms with Gasteiger partial charge >= 0.3 is 0 Å². The van der Waals surface area contributed by atoms with Crippen LogP contribution in [0.15, 0.2) is 60.9 Å². The Morgan fingerprint density at radius 2 is 1.66 bits per heavy atom. The summed E-state index contributed by atoms with van der Waals surface area (Å²) < 4.78 is 8.17. The average molecular weight is 513 g/mol. The van der Waals surface area contributed by atoms with Gasteiger partial charge in [0.05, 0.1) is 17.4 Å². The van der Waals surface area contributed by atoms with Gasteiger partial charge in [-0.2, -0.15) is 0 Å². The van der Waals surface area contributed by atoms with Gasteiger partial charge in [0.15, 0.2) is 0 Å². The van der Waals surface area contributed by atoms with Crippen LogP contribution in [0.4, 0.5) is 0 Å². The van der Waals surface area contributed by atoms with Gasteiger partial charge in [-0.3, -0.25) is 9.69 Å². The maximum atomic E-state index is 13.0. The Morgan fingerprint density at radius 3 is 2.39 bits per heavy atom. The van der Waals surface area contributed by atoms with Gasteiger partial charge in [-0.1, -0.05) is 42.5 Å². The zero-order valence-electron chi connectivity index (χ0n) is 22.4. The Balaban J connectivity index is 1.05. The summed E-state index contributed by atoms with van der Waals surface area (Å²) >= 11 is 0. The van der Waals surface area contributed by atoms with Gasteiger partial charge in [0, 0.05) is 37.8 Å². The highest BCUT2D eigenvalue weighted by Crippen LogP contribution is 2.44. The molecule has 0 N–H and O–H groups in total. The lowest BCUT2D eigenvalue weighted by atomic mass is 9.70. The molecule has 0 aliphatic carbocycles. The second kappa shape index (κ2) is 10.1.